The van der Waals surface area contributed by atoms with E-state index in [4.69, 9.17) is 0 Å². The van der Waals surface area contributed by atoms with Gasteiger partial charge in [0.05, 0.1) is 6.04 Å². The van der Waals surface area contributed by atoms with Gasteiger partial charge in [0.1, 0.15) is 6.33 Å². The van der Waals surface area contributed by atoms with Crippen molar-refractivity contribution in [2.24, 2.45) is 7.05 Å². The maximum atomic E-state index is 13.3. The zero-order valence-electron chi connectivity index (χ0n) is 13.3. The summed E-state index contributed by atoms with van der Waals surface area (Å²) in [6.07, 6.45) is 1.55. The molecule has 1 aromatic heterocycles. The van der Waals surface area contributed by atoms with Gasteiger partial charge in [0.25, 0.3) is 0 Å². The number of carbonyl (C=O) groups is 1. The molecule has 0 aliphatic rings. The highest BCUT2D eigenvalue weighted by atomic mass is 19.2. The average Bonchev–Trinajstić information content (AvgIpc) is 2.94. The molecule has 0 unspecified atom stereocenters. The van der Waals surface area contributed by atoms with E-state index >= 15 is 0 Å². The lowest BCUT2D eigenvalue weighted by atomic mass is 10.2. The minimum atomic E-state index is -0.925. The SMILES string of the molecule is CCN(Cc1ccc(F)c(F)c1)C(=O)N[C@H](C)c1nncn1C. The minimum absolute atomic E-state index is 0.186. The Labute approximate surface area is 133 Å². The van der Waals surface area contributed by atoms with Crippen LogP contribution in [-0.2, 0) is 13.6 Å². The van der Waals surface area contributed by atoms with E-state index in [1.54, 1.807) is 24.9 Å². The second-order valence-corrected chi connectivity index (χ2v) is 5.23. The van der Waals surface area contributed by atoms with Gasteiger partial charge in [-0.05, 0) is 31.5 Å². The van der Waals surface area contributed by atoms with Crippen LogP contribution in [0.5, 0.6) is 0 Å². The molecule has 2 rings (SSSR count). The molecule has 2 aromatic rings. The zero-order valence-corrected chi connectivity index (χ0v) is 13.3. The summed E-state index contributed by atoms with van der Waals surface area (Å²) in [6.45, 7) is 4.22. The van der Waals surface area contributed by atoms with Crippen LogP contribution in [0, 0.1) is 11.6 Å². The Morgan fingerprint density at radius 1 is 1.39 bits per heavy atom. The Morgan fingerprint density at radius 2 is 2.13 bits per heavy atom. The smallest absolute Gasteiger partial charge is 0.318 e. The van der Waals surface area contributed by atoms with Crippen LogP contribution in [0.2, 0.25) is 0 Å². The number of hydrogen-bond acceptors (Lipinski definition) is 3. The van der Waals surface area contributed by atoms with Crippen molar-refractivity contribution in [3.8, 4) is 0 Å². The molecule has 1 heterocycles. The summed E-state index contributed by atoms with van der Waals surface area (Å²) in [4.78, 5) is 13.8. The second-order valence-electron chi connectivity index (χ2n) is 5.23. The van der Waals surface area contributed by atoms with Crippen molar-refractivity contribution in [2.75, 3.05) is 6.54 Å². The maximum Gasteiger partial charge on any atom is 0.318 e. The number of nitrogens with one attached hydrogen (secondary N) is 1. The molecule has 6 nitrogen and oxygen atoms in total. The van der Waals surface area contributed by atoms with E-state index in [1.165, 1.54) is 11.0 Å². The van der Waals surface area contributed by atoms with Crippen molar-refractivity contribution >= 4 is 6.03 Å². The Bertz CT molecular complexity index is 688. The van der Waals surface area contributed by atoms with Gasteiger partial charge in [0.15, 0.2) is 17.5 Å². The standard InChI is InChI=1S/C15H19F2N5O/c1-4-22(8-11-5-6-12(16)13(17)7-11)15(23)19-10(2)14-20-18-9-21(14)3/h5-7,9-10H,4,8H2,1-3H3,(H,19,23)/t10-/m1/s1. The summed E-state index contributed by atoms with van der Waals surface area (Å²) in [5, 5.41) is 10.5. The highest BCUT2D eigenvalue weighted by Crippen LogP contribution is 2.13. The Kier molecular flexibility index (Phi) is 5.25. The molecule has 8 heteroatoms. The zero-order chi connectivity index (χ0) is 17.0. The summed E-state index contributed by atoms with van der Waals surface area (Å²) in [5.41, 5.74) is 0.521. The predicted molar refractivity (Wildman–Crippen MR) is 80.4 cm³/mol. The molecule has 1 aromatic carbocycles. The van der Waals surface area contributed by atoms with Gasteiger partial charge >= 0.3 is 6.03 Å². The highest BCUT2D eigenvalue weighted by molar-refractivity contribution is 5.74. The van der Waals surface area contributed by atoms with Gasteiger partial charge in [-0.3, -0.25) is 0 Å². The number of halogens is 2. The van der Waals surface area contributed by atoms with E-state index in [0.29, 0.717) is 17.9 Å². The summed E-state index contributed by atoms with van der Waals surface area (Å²) < 4.78 is 27.9. The number of nitrogens with zero attached hydrogens (tertiary/aromatic N) is 4. The van der Waals surface area contributed by atoms with Crippen LogP contribution in [0.1, 0.15) is 31.3 Å². The van der Waals surface area contributed by atoms with Gasteiger partial charge in [-0.2, -0.15) is 0 Å². The Hall–Kier alpha value is -2.51. The third kappa shape index (κ3) is 4.02. The molecule has 1 atom stereocenters. The van der Waals surface area contributed by atoms with Gasteiger partial charge in [-0.1, -0.05) is 6.07 Å². The van der Waals surface area contributed by atoms with E-state index < -0.39 is 11.6 Å². The Morgan fingerprint density at radius 3 is 2.70 bits per heavy atom. The van der Waals surface area contributed by atoms with Crippen LogP contribution < -0.4 is 5.32 Å². The molecular weight excluding hydrogens is 304 g/mol. The van der Waals surface area contributed by atoms with Gasteiger partial charge in [0, 0.05) is 20.1 Å². The first-order chi connectivity index (χ1) is 10.9. The minimum Gasteiger partial charge on any atom is -0.328 e. The lowest BCUT2D eigenvalue weighted by molar-refractivity contribution is 0.194. The molecule has 0 aliphatic carbocycles. The first-order valence-corrected chi connectivity index (χ1v) is 7.25. The van der Waals surface area contributed by atoms with Crippen LogP contribution in [0.4, 0.5) is 13.6 Å². The Balaban J connectivity index is 2.03. The van der Waals surface area contributed by atoms with Gasteiger partial charge < -0.3 is 14.8 Å². The first kappa shape index (κ1) is 16.9. The van der Waals surface area contributed by atoms with E-state index in [0.717, 1.165) is 12.1 Å². The number of urea groups is 1. The molecular formula is C15H19F2N5O. The summed E-state index contributed by atoms with van der Waals surface area (Å²) in [7, 11) is 1.79. The van der Waals surface area contributed by atoms with Crippen molar-refractivity contribution in [1.29, 1.82) is 0 Å². The molecule has 2 amide bonds. The predicted octanol–water partition coefficient (Wildman–Crippen LogP) is 2.39. The molecule has 0 aliphatic heterocycles. The van der Waals surface area contributed by atoms with Crippen LogP contribution >= 0.6 is 0 Å². The van der Waals surface area contributed by atoms with Crippen LogP contribution in [0.25, 0.3) is 0 Å². The number of amides is 2. The number of aryl methyl sites for hydroxylation is 1. The largest absolute Gasteiger partial charge is 0.328 e. The normalized spacial score (nSPS) is 12.0. The van der Waals surface area contributed by atoms with Crippen molar-refractivity contribution < 1.29 is 13.6 Å². The molecule has 0 saturated heterocycles. The maximum absolute atomic E-state index is 13.3. The van der Waals surface area contributed by atoms with Crippen LogP contribution in [-0.4, -0.2) is 32.2 Å². The number of benzene rings is 1. The molecule has 1 N–H and O–H groups in total. The molecule has 23 heavy (non-hydrogen) atoms. The van der Waals surface area contributed by atoms with Crippen LogP contribution in [0.3, 0.4) is 0 Å². The fourth-order valence-electron chi connectivity index (χ4n) is 2.21. The van der Waals surface area contributed by atoms with E-state index in [2.05, 4.69) is 15.5 Å². The van der Waals surface area contributed by atoms with Crippen molar-refractivity contribution in [2.45, 2.75) is 26.4 Å². The monoisotopic (exact) mass is 323 g/mol. The average molecular weight is 323 g/mol. The van der Waals surface area contributed by atoms with Crippen molar-refractivity contribution in [3.63, 3.8) is 0 Å². The van der Waals surface area contributed by atoms with E-state index in [-0.39, 0.29) is 18.6 Å². The van der Waals surface area contributed by atoms with Crippen LogP contribution in [0.15, 0.2) is 24.5 Å². The number of hydrogen-bond donors (Lipinski definition) is 1. The number of carbonyl (C=O) groups excluding carboxylic acids is 1. The molecule has 0 radical (unpaired) electrons. The summed E-state index contributed by atoms with van der Waals surface area (Å²) in [6, 6.07) is 2.97. The summed E-state index contributed by atoms with van der Waals surface area (Å²) >= 11 is 0. The molecule has 0 spiro atoms. The number of rotatable bonds is 5. The third-order valence-electron chi connectivity index (χ3n) is 3.50. The van der Waals surface area contributed by atoms with E-state index in [9.17, 15) is 13.6 Å². The fourth-order valence-corrected chi connectivity index (χ4v) is 2.21. The first-order valence-electron chi connectivity index (χ1n) is 7.25. The third-order valence-corrected chi connectivity index (χ3v) is 3.50. The van der Waals surface area contributed by atoms with Crippen molar-refractivity contribution in [3.05, 3.63) is 47.5 Å². The van der Waals surface area contributed by atoms with Gasteiger partial charge in [-0.25, -0.2) is 13.6 Å². The van der Waals surface area contributed by atoms with E-state index in [1.807, 2.05) is 6.92 Å². The molecule has 0 bridgehead atoms. The summed E-state index contributed by atoms with van der Waals surface area (Å²) in [5.74, 6) is -1.20. The molecule has 0 fully saturated rings. The molecule has 0 saturated carbocycles. The lowest BCUT2D eigenvalue weighted by Crippen LogP contribution is -2.41. The second kappa shape index (κ2) is 7.17. The topological polar surface area (TPSA) is 63.1 Å². The lowest BCUT2D eigenvalue weighted by Gasteiger charge is -2.23. The van der Waals surface area contributed by atoms with Gasteiger partial charge in [0.2, 0.25) is 0 Å². The number of aromatic nitrogens is 3. The van der Waals surface area contributed by atoms with Gasteiger partial charge in [-0.15, -0.1) is 10.2 Å². The van der Waals surface area contributed by atoms with Crippen molar-refractivity contribution in [1.82, 2.24) is 25.0 Å². The molecule has 124 valence electrons. The fraction of sp³-hybridized carbons (Fsp3) is 0.400. The highest BCUT2D eigenvalue weighted by Gasteiger charge is 2.18. The quantitative estimate of drug-likeness (QED) is 0.919.